The largest absolute Gasteiger partial charge is 0.490 e. The smallest absolute Gasteiger partial charge is 0.435 e. The molecule has 0 radical (unpaired) electrons. The molecule has 0 spiro atoms. The molecule has 54 heavy (non-hydrogen) atoms. The number of piperidine rings is 1. The Morgan fingerprint density at radius 3 is 2.31 bits per heavy atom. The topological polar surface area (TPSA) is 137 Å². The van der Waals surface area contributed by atoms with Crippen LogP contribution in [0.2, 0.25) is 5.02 Å². The number of nitrogens with one attached hydrogen (secondary N) is 1. The van der Waals surface area contributed by atoms with Crippen LogP contribution >= 0.6 is 11.6 Å². The Hall–Kier alpha value is -5.00. The van der Waals surface area contributed by atoms with Crippen LogP contribution in [0.3, 0.4) is 0 Å². The number of imidazole rings is 1. The zero-order valence-electron chi connectivity index (χ0n) is 30.4. The van der Waals surface area contributed by atoms with Crippen molar-refractivity contribution in [3.63, 3.8) is 0 Å². The summed E-state index contributed by atoms with van der Waals surface area (Å²) in [5, 5.41) is 6.52. The van der Waals surface area contributed by atoms with Crippen LogP contribution in [0.5, 0.6) is 5.75 Å². The Morgan fingerprint density at radius 1 is 0.981 bits per heavy atom. The number of aromatic nitrogens is 5. The van der Waals surface area contributed by atoms with Gasteiger partial charge in [0.1, 0.15) is 12.4 Å². The highest BCUT2D eigenvalue weighted by Crippen LogP contribution is 2.37. The van der Waals surface area contributed by atoms with Gasteiger partial charge in [-0.05, 0) is 30.3 Å². The van der Waals surface area contributed by atoms with Crippen molar-refractivity contribution in [2.45, 2.75) is 19.0 Å². The van der Waals surface area contributed by atoms with E-state index in [1.165, 1.54) is 55.4 Å². The maximum atomic E-state index is 14.2. The van der Waals surface area contributed by atoms with Gasteiger partial charge >= 0.3 is 6.18 Å². The molecule has 1 aromatic carbocycles. The molecule has 18 heteroatoms. The highest BCUT2D eigenvalue weighted by atomic mass is 35.5. The molecule has 3 amide bonds. The minimum absolute atomic E-state index is 0.0130. The van der Waals surface area contributed by atoms with Gasteiger partial charge in [0.05, 0.1) is 68.0 Å². The number of piperazine rings is 1. The molecule has 5 heterocycles. The predicted molar refractivity (Wildman–Crippen MR) is 192 cm³/mol. The molecule has 0 saturated carbocycles. The van der Waals surface area contributed by atoms with Gasteiger partial charge in [-0.2, -0.15) is 18.3 Å². The number of rotatable bonds is 10. The first kappa shape index (κ1) is 38.7. The number of pyridine rings is 1. The Balaban J connectivity index is 1.10. The molecule has 2 aliphatic rings. The molecule has 2 saturated heterocycles. The summed E-state index contributed by atoms with van der Waals surface area (Å²) < 4.78 is 56.1. The minimum Gasteiger partial charge on any atom is -0.490 e. The number of hydrogen-bond acceptors (Lipinski definition) is 8. The van der Waals surface area contributed by atoms with Crippen LogP contribution in [-0.2, 0) is 22.8 Å². The van der Waals surface area contributed by atoms with Gasteiger partial charge in [0, 0.05) is 71.0 Å². The number of nitrogens with zero attached hydrogens (tertiary/aromatic N) is 8. The average Bonchev–Trinajstić information content (AvgIpc) is 3.76. The first-order chi connectivity index (χ1) is 25.6. The quantitative estimate of drug-likeness (QED) is 0.185. The summed E-state index contributed by atoms with van der Waals surface area (Å²) in [5.74, 6) is -0.500. The highest BCUT2D eigenvalue weighted by Gasteiger charge is 2.39. The van der Waals surface area contributed by atoms with E-state index in [9.17, 15) is 27.6 Å². The maximum absolute atomic E-state index is 14.2. The number of amides is 3. The number of ether oxygens (including phenoxy) is 2. The van der Waals surface area contributed by atoms with Gasteiger partial charge in [-0.3, -0.25) is 14.4 Å². The van der Waals surface area contributed by atoms with E-state index in [2.05, 4.69) is 34.5 Å². The summed E-state index contributed by atoms with van der Waals surface area (Å²) in [4.78, 5) is 51.6. The van der Waals surface area contributed by atoms with Gasteiger partial charge in [0.15, 0.2) is 17.3 Å². The van der Waals surface area contributed by atoms with E-state index in [4.69, 9.17) is 21.1 Å². The molecule has 0 aliphatic carbocycles. The third kappa shape index (κ3) is 8.53. The summed E-state index contributed by atoms with van der Waals surface area (Å²) in [6.07, 6.45) is 0.571. The van der Waals surface area contributed by atoms with Gasteiger partial charge < -0.3 is 33.6 Å². The fraction of sp³-hybridized carbons (Fsp3) is 0.444. The number of anilines is 1. The Bertz CT molecular complexity index is 2000. The molecular formula is C36H42ClF3N9O5+. The molecule has 4 aromatic rings. The number of benzene rings is 1. The van der Waals surface area contributed by atoms with E-state index in [1.54, 1.807) is 11.0 Å². The van der Waals surface area contributed by atoms with Crippen molar-refractivity contribution in [3.05, 3.63) is 71.0 Å². The predicted octanol–water partition coefficient (Wildman–Crippen LogP) is 4.39. The van der Waals surface area contributed by atoms with E-state index >= 15 is 0 Å². The molecular weight excluding hydrogens is 731 g/mol. The van der Waals surface area contributed by atoms with Crippen LogP contribution in [0.4, 0.5) is 18.9 Å². The second-order valence-electron chi connectivity index (χ2n) is 14.0. The summed E-state index contributed by atoms with van der Waals surface area (Å²) in [7, 11) is 7.29. The fourth-order valence-corrected chi connectivity index (χ4v) is 6.88. The van der Waals surface area contributed by atoms with Crippen LogP contribution in [-0.4, -0.2) is 130 Å². The lowest BCUT2D eigenvalue weighted by molar-refractivity contribution is -0.895. The molecule has 0 atom stereocenters. The number of likely N-dealkylation sites (tertiary alicyclic amines) is 1. The van der Waals surface area contributed by atoms with Crippen LogP contribution in [0.1, 0.15) is 39.5 Å². The van der Waals surface area contributed by atoms with Crippen molar-refractivity contribution < 1.29 is 41.5 Å². The maximum Gasteiger partial charge on any atom is 0.435 e. The van der Waals surface area contributed by atoms with Crippen molar-refractivity contribution in [1.29, 1.82) is 0 Å². The van der Waals surface area contributed by atoms with Crippen LogP contribution in [0, 0.1) is 5.92 Å². The normalized spacial score (nSPS) is 16.4. The second-order valence-corrected chi connectivity index (χ2v) is 14.4. The van der Waals surface area contributed by atoms with Gasteiger partial charge in [-0.15, -0.1) is 0 Å². The van der Waals surface area contributed by atoms with Crippen molar-refractivity contribution in [2.75, 3.05) is 79.0 Å². The Morgan fingerprint density at radius 2 is 1.69 bits per heavy atom. The van der Waals surface area contributed by atoms with Gasteiger partial charge in [-0.25, -0.2) is 14.6 Å². The molecule has 2 fully saturated rings. The number of quaternary nitrogens is 1. The molecule has 1 N–H and O–H groups in total. The molecule has 14 nitrogen and oxygen atoms in total. The monoisotopic (exact) mass is 772 g/mol. The molecule has 0 unspecified atom stereocenters. The standard InChI is InChI=1S/C36H41ClF3N9O5/c1-45-29(27-22-48(44-31(27)36(38,39)40)30-8-6-25(20-41-30)54-18-17-53-4)21-42-32(45)33(50)43-24-5-7-26(28(37)19-24)35(52)47-13-11-46(12-14-47)34(51)23-9-15-49(2,3)16-10-23/h5-8,19-23H,9-18H2,1-4H3/p+1. The van der Waals surface area contributed by atoms with Crippen LogP contribution in [0.25, 0.3) is 17.1 Å². The number of alkyl halides is 3. The first-order valence-corrected chi connectivity index (χ1v) is 17.8. The van der Waals surface area contributed by atoms with E-state index in [1.807, 2.05) is 4.90 Å². The first-order valence-electron chi connectivity index (χ1n) is 17.4. The van der Waals surface area contributed by atoms with Crippen LogP contribution in [0.15, 0.2) is 48.9 Å². The van der Waals surface area contributed by atoms with E-state index < -0.39 is 17.8 Å². The summed E-state index contributed by atoms with van der Waals surface area (Å²) in [5.41, 5.74) is -1.03. The van der Waals surface area contributed by atoms with Gasteiger partial charge in [0.2, 0.25) is 5.91 Å². The van der Waals surface area contributed by atoms with Gasteiger partial charge in [0.25, 0.3) is 11.8 Å². The van der Waals surface area contributed by atoms with E-state index in [0.717, 1.165) is 41.3 Å². The van der Waals surface area contributed by atoms with E-state index in [0.29, 0.717) is 38.5 Å². The van der Waals surface area contributed by atoms with E-state index in [-0.39, 0.29) is 63.5 Å². The van der Waals surface area contributed by atoms with Crippen molar-refractivity contribution >= 4 is 35.0 Å². The van der Waals surface area contributed by atoms with Crippen molar-refractivity contribution in [1.82, 2.24) is 34.1 Å². The molecule has 0 bridgehead atoms. The third-order valence-electron chi connectivity index (χ3n) is 9.81. The second kappa shape index (κ2) is 15.8. The Kier molecular flexibility index (Phi) is 11.3. The lowest BCUT2D eigenvalue weighted by Crippen LogP contribution is -2.54. The minimum atomic E-state index is -4.83. The number of carbonyl (C=O) groups excluding carboxylic acids is 3. The van der Waals surface area contributed by atoms with Crippen molar-refractivity contribution in [3.8, 4) is 22.8 Å². The summed E-state index contributed by atoms with van der Waals surface area (Å²) >= 11 is 6.52. The lowest BCUT2D eigenvalue weighted by Gasteiger charge is -2.40. The van der Waals surface area contributed by atoms with Crippen molar-refractivity contribution in [2.24, 2.45) is 13.0 Å². The number of carbonyl (C=O) groups is 3. The number of halogens is 4. The zero-order chi connectivity index (χ0) is 38.8. The molecule has 288 valence electrons. The molecule has 3 aromatic heterocycles. The number of hydrogen-bond donors (Lipinski definition) is 1. The lowest BCUT2D eigenvalue weighted by atomic mass is 9.94. The summed E-state index contributed by atoms with van der Waals surface area (Å²) in [6, 6.07) is 7.45. The summed E-state index contributed by atoms with van der Waals surface area (Å²) in [6.45, 7) is 4.18. The Labute approximate surface area is 315 Å². The van der Waals surface area contributed by atoms with Gasteiger partial charge in [-0.1, -0.05) is 11.6 Å². The van der Waals surface area contributed by atoms with Crippen LogP contribution < -0.4 is 10.1 Å². The fourth-order valence-electron chi connectivity index (χ4n) is 6.62. The average molecular weight is 773 g/mol. The zero-order valence-corrected chi connectivity index (χ0v) is 31.2. The molecule has 6 rings (SSSR count). The number of methoxy groups -OCH3 is 1. The highest BCUT2D eigenvalue weighted by molar-refractivity contribution is 6.34. The third-order valence-corrected chi connectivity index (χ3v) is 10.1. The molecule has 2 aliphatic heterocycles. The SMILES string of the molecule is COCCOc1ccc(-n2cc(-c3cnc(C(=O)Nc4ccc(C(=O)N5CCN(C(=O)C6CC[N+](C)(C)CC6)CC5)c(Cl)c4)n3C)c(C(F)(F)F)n2)nc1.